The highest BCUT2D eigenvalue weighted by Crippen LogP contribution is 2.26. The number of hydrogen-bond donors (Lipinski definition) is 1. The van der Waals surface area contributed by atoms with Crippen LogP contribution >= 0.6 is 11.3 Å². The smallest absolute Gasteiger partial charge is 0.271 e. The van der Waals surface area contributed by atoms with Crippen molar-refractivity contribution in [1.82, 2.24) is 0 Å². The molecule has 1 aromatic carbocycles. The summed E-state index contributed by atoms with van der Waals surface area (Å²) in [4.78, 5) is 1.07. The first-order valence-corrected chi connectivity index (χ1v) is 8.41. The minimum atomic E-state index is -3.47. The normalized spacial score (nSPS) is 11.5. The fraction of sp³-hybridized carbons (Fsp3) is 0.286. The van der Waals surface area contributed by atoms with Crippen LogP contribution < -0.4 is 4.72 Å². The zero-order valence-electron chi connectivity index (χ0n) is 11.2. The molecular formula is C14H17NO2S2. The van der Waals surface area contributed by atoms with E-state index in [4.69, 9.17) is 0 Å². The lowest BCUT2D eigenvalue weighted by atomic mass is 10.1. The summed E-state index contributed by atoms with van der Waals surface area (Å²) >= 11 is 1.32. The lowest BCUT2D eigenvalue weighted by molar-refractivity contribution is 0.603. The Hall–Kier alpha value is -1.33. The van der Waals surface area contributed by atoms with Crippen LogP contribution in [0.5, 0.6) is 0 Å². The van der Waals surface area contributed by atoms with Crippen LogP contribution in [-0.4, -0.2) is 8.42 Å². The molecule has 0 saturated carbocycles. The second kappa shape index (κ2) is 5.35. The van der Waals surface area contributed by atoms with E-state index in [-0.39, 0.29) is 0 Å². The largest absolute Gasteiger partial charge is 0.279 e. The highest BCUT2D eigenvalue weighted by molar-refractivity contribution is 7.94. The molecule has 1 aromatic heterocycles. The minimum Gasteiger partial charge on any atom is -0.279 e. The van der Waals surface area contributed by atoms with Gasteiger partial charge in [0.25, 0.3) is 10.0 Å². The zero-order valence-corrected chi connectivity index (χ0v) is 12.9. The quantitative estimate of drug-likeness (QED) is 0.934. The average molecular weight is 295 g/mol. The first kappa shape index (κ1) is 14.1. The fourth-order valence-electron chi connectivity index (χ4n) is 1.75. The molecule has 2 rings (SSSR count). The highest BCUT2D eigenvalue weighted by atomic mass is 32.2. The summed E-state index contributed by atoms with van der Waals surface area (Å²) in [6.45, 7) is 5.90. The summed E-state index contributed by atoms with van der Waals surface area (Å²) < 4.78 is 27.6. The number of sulfonamides is 1. The summed E-state index contributed by atoms with van der Waals surface area (Å²) in [6, 6.07) is 9.13. The van der Waals surface area contributed by atoms with Crippen LogP contribution in [0.2, 0.25) is 0 Å². The van der Waals surface area contributed by atoms with Gasteiger partial charge in [-0.2, -0.15) is 0 Å². The zero-order chi connectivity index (χ0) is 14.0. The van der Waals surface area contributed by atoms with E-state index < -0.39 is 10.0 Å². The Labute approximate surface area is 118 Å². The van der Waals surface area contributed by atoms with Gasteiger partial charge < -0.3 is 0 Å². The molecule has 0 radical (unpaired) electrons. The molecule has 1 heterocycles. The van der Waals surface area contributed by atoms with Crippen molar-refractivity contribution >= 4 is 27.0 Å². The maximum Gasteiger partial charge on any atom is 0.271 e. The van der Waals surface area contributed by atoms with Crippen LogP contribution in [-0.2, 0) is 16.4 Å². The number of hydrogen-bond acceptors (Lipinski definition) is 3. The summed E-state index contributed by atoms with van der Waals surface area (Å²) in [7, 11) is -3.47. The van der Waals surface area contributed by atoms with Gasteiger partial charge in [-0.1, -0.05) is 19.1 Å². The predicted octanol–water partition coefficient (Wildman–Crippen LogP) is 3.73. The van der Waals surface area contributed by atoms with E-state index >= 15 is 0 Å². The first-order valence-electron chi connectivity index (χ1n) is 6.12. The van der Waals surface area contributed by atoms with Crippen LogP contribution in [0.15, 0.2) is 34.5 Å². The molecule has 0 unspecified atom stereocenters. The monoisotopic (exact) mass is 295 g/mol. The standard InChI is InChI=1S/C14H17NO2S2/c1-4-12-8-9-14(18-12)19(16,17)15-13-7-5-6-10(2)11(13)3/h5-9,15H,4H2,1-3H3. The van der Waals surface area contributed by atoms with E-state index in [9.17, 15) is 8.42 Å². The second-order valence-electron chi connectivity index (χ2n) is 4.43. The lowest BCUT2D eigenvalue weighted by Gasteiger charge is -2.10. The molecule has 0 bridgehead atoms. The van der Waals surface area contributed by atoms with Gasteiger partial charge in [0, 0.05) is 4.88 Å². The van der Waals surface area contributed by atoms with E-state index in [2.05, 4.69) is 4.72 Å². The number of nitrogens with one attached hydrogen (secondary N) is 1. The maximum absolute atomic E-state index is 12.3. The summed E-state index contributed by atoms with van der Waals surface area (Å²) in [5.41, 5.74) is 2.67. The van der Waals surface area contributed by atoms with Gasteiger partial charge in [0.15, 0.2) is 0 Å². The van der Waals surface area contributed by atoms with Crippen LogP contribution in [0.25, 0.3) is 0 Å². The minimum absolute atomic E-state index is 0.366. The third-order valence-corrected chi connectivity index (χ3v) is 6.19. The van der Waals surface area contributed by atoms with E-state index in [1.165, 1.54) is 11.3 Å². The van der Waals surface area contributed by atoms with Crippen molar-refractivity contribution in [2.24, 2.45) is 0 Å². The van der Waals surface area contributed by atoms with Gasteiger partial charge in [-0.3, -0.25) is 4.72 Å². The molecule has 102 valence electrons. The fourth-order valence-corrected chi connectivity index (χ4v) is 4.17. The number of benzene rings is 1. The van der Waals surface area contributed by atoms with E-state index in [1.54, 1.807) is 12.1 Å². The molecule has 0 amide bonds. The van der Waals surface area contributed by atoms with Gasteiger partial charge in [-0.15, -0.1) is 11.3 Å². The molecule has 3 nitrogen and oxygen atoms in total. The Morgan fingerprint density at radius 3 is 2.53 bits per heavy atom. The molecule has 1 N–H and O–H groups in total. The Bertz CT molecular complexity index is 687. The van der Waals surface area contributed by atoms with Crippen molar-refractivity contribution < 1.29 is 8.42 Å². The third-order valence-electron chi connectivity index (χ3n) is 3.10. The van der Waals surface area contributed by atoms with Crippen LogP contribution in [0.3, 0.4) is 0 Å². The number of thiophene rings is 1. The SMILES string of the molecule is CCc1ccc(S(=O)(=O)Nc2cccc(C)c2C)s1. The topological polar surface area (TPSA) is 46.2 Å². The van der Waals surface area contributed by atoms with Gasteiger partial charge in [0.05, 0.1) is 5.69 Å². The molecule has 0 spiro atoms. The number of aryl methyl sites for hydroxylation is 2. The van der Waals surface area contributed by atoms with Crippen LogP contribution in [0.4, 0.5) is 5.69 Å². The van der Waals surface area contributed by atoms with Crippen LogP contribution in [0.1, 0.15) is 22.9 Å². The molecule has 0 atom stereocenters. The summed E-state index contributed by atoms with van der Waals surface area (Å²) in [5.74, 6) is 0. The van der Waals surface area contributed by atoms with Crippen molar-refractivity contribution in [3.63, 3.8) is 0 Å². The van der Waals surface area contributed by atoms with Gasteiger partial charge >= 0.3 is 0 Å². The summed E-state index contributed by atoms with van der Waals surface area (Å²) in [6.07, 6.45) is 0.851. The van der Waals surface area contributed by atoms with Crippen molar-refractivity contribution in [2.75, 3.05) is 4.72 Å². The Balaban J connectivity index is 2.33. The maximum atomic E-state index is 12.3. The molecule has 2 aromatic rings. The van der Waals surface area contributed by atoms with Crippen molar-refractivity contribution in [3.8, 4) is 0 Å². The summed E-state index contributed by atoms with van der Waals surface area (Å²) in [5, 5.41) is 0. The average Bonchev–Trinajstić information content (AvgIpc) is 2.84. The van der Waals surface area contributed by atoms with Crippen LogP contribution in [0, 0.1) is 13.8 Å². The molecule has 0 aliphatic rings. The third kappa shape index (κ3) is 2.98. The molecule has 0 aliphatic heterocycles. The van der Waals surface area contributed by atoms with Gasteiger partial charge in [-0.05, 0) is 49.6 Å². The first-order chi connectivity index (χ1) is 8.94. The molecule has 0 aliphatic carbocycles. The molecule has 0 fully saturated rings. The van der Waals surface area contributed by atoms with Crippen molar-refractivity contribution in [1.29, 1.82) is 0 Å². The molecule has 0 saturated heterocycles. The Kier molecular flexibility index (Phi) is 3.96. The highest BCUT2D eigenvalue weighted by Gasteiger charge is 2.17. The van der Waals surface area contributed by atoms with Gasteiger partial charge in [-0.25, -0.2) is 8.42 Å². The number of anilines is 1. The Morgan fingerprint density at radius 1 is 1.16 bits per heavy atom. The van der Waals surface area contributed by atoms with Gasteiger partial charge in [0.1, 0.15) is 4.21 Å². The van der Waals surface area contributed by atoms with Crippen molar-refractivity contribution in [2.45, 2.75) is 31.4 Å². The predicted molar refractivity (Wildman–Crippen MR) is 80.4 cm³/mol. The molecule has 5 heteroatoms. The second-order valence-corrected chi connectivity index (χ2v) is 7.50. The Morgan fingerprint density at radius 2 is 1.89 bits per heavy atom. The van der Waals surface area contributed by atoms with Gasteiger partial charge in [0.2, 0.25) is 0 Å². The molecular weight excluding hydrogens is 278 g/mol. The van der Waals surface area contributed by atoms with E-state index in [1.807, 2.05) is 39.0 Å². The number of rotatable bonds is 4. The van der Waals surface area contributed by atoms with E-state index in [0.717, 1.165) is 22.4 Å². The van der Waals surface area contributed by atoms with Crippen molar-refractivity contribution in [3.05, 3.63) is 46.3 Å². The van der Waals surface area contributed by atoms with E-state index in [0.29, 0.717) is 9.90 Å². The lowest BCUT2D eigenvalue weighted by Crippen LogP contribution is -2.12. The molecule has 19 heavy (non-hydrogen) atoms.